The first-order valence-corrected chi connectivity index (χ1v) is 8.74. The molecule has 0 radical (unpaired) electrons. The molecule has 0 aliphatic heterocycles. The number of hydrogen-bond acceptors (Lipinski definition) is 5. The topological polar surface area (TPSA) is 51.6 Å². The average molecular weight is 341 g/mol. The van der Waals surface area contributed by atoms with Crippen LogP contribution in [-0.2, 0) is 0 Å². The number of aromatic nitrogens is 1. The molecular weight excluding hydrogens is 322 g/mol. The predicted molar refractivity (Wildman–Crippen MR) is 97.1 cm³/mol. The smallest absolute Gasteiger partial charge is 0.125 e. The summed E-state index contributed by atoms with van der Waals surface area (Å²) in [5, 5.41) is 12.8. The van der Waals surface area contributed by atoms with E-state index in [2.05, 4.69) is 4.98 Å². The zero-order chi connectivity index (χ0) is 17.1. The third-order valence-corrected chi connectivity index (χ3v) is 4.63. The Bertz CT molecular complexity index is 849. The van der Waals surface area contributed by atoms with E-state index in [1.807, 2.05) is 54.8 Å². The number of fused-ring (bicyclic) bond motifs is 1. The van der Waals surface area contributed by atoms with E-state index >= 15 is 0 Å². The van der Waals surface area contributed by atoms with Crippen LogP contribution in [0.3, 0.4) is 0 Å². The molecular formula is C19H19NO3S. The monoisotopic (exact) mass is 341 g/mol. The number of methoxy groups -OCH3 is 2. The highest BCUT2D eigenvalue weighted by molar-refractivity contribution is 7.98. The van der Waals surface area contributed by atoms with Crippen LogP contribution in [0.2, 0.25) is 0 Å². The van der Waals surface area contributed by atoms with Gasteiger partial charge >= 0.3 is 0 Å². The first kappa shape index (κ1) is 16.6. The van der Waals surface area contributed by atoms with E-state index in [9.17, 15) is 5.11 Å². The Balaban J connectivity index is 2.14. The molecule has 0 spiro atoms. The minimum atomic E-state index is -0.809. The minimum Gasteiger partial charge on any atom is -0.497 e. The van der Waals surface area contributed by atoms with Crippen molar-refractivity contribution in [1.29, 1.82) is 0 Å². The molecule has 24 heavy (non-hydrogen) atoms. The van der Waals surface area contributed by atoms with Gasteiger partial charge in [0, 0.05) is 10.9 Å². The van der Waals surface area contributed by atoms with Gasteiger partial charge in [-0.05, 0) is 48.2 Å². The average Bonchev–Trinajstić information content (AvgIpc) is 2.66. The number of pyridine rings is 1. The maximum atomic E-state index is 10.9. The van der Waals surface area contributed by atoms with Crippen LogP contribution in [0, 0.1) is 0 Å². The summed E-state index contributed by atoms with van der Waals surface area (Å²) >= 11 is 1.59. The Morgan fingerprint density at radius 1 is 0.958 bits per heavy atom. The van der Waals surface area contributed by atoms with Gasteiger partial charge < -0.3 is 14.6 Å². The van der Waals surface area contributed by atoms with Crippen molar-refractivity contribution in [2.45, 2.75) is 11.1 Å². The molecule has 3 rings (SSSR count). The molecule has 1 aromatic heterocycles. The number of ether oxygens (including phenoxy) is 2. The molecule has 1 N–H and O–H groups in total. The molecule has 0 aliphatic carbocycles. The maximum Gasteiger partial charge on any atom is 0.125 e. The van der Waals surface area contributed by atoms with Crippen LogP contribution in [0.15, 0.2) is 53.6 Å². The van der Waals surface area contributed by atoms with Crippen molar-refractivity contribution in [1.82, 2.24) is 4.98 Å². The number of aliphatic hydroxyl groups excluding tert-OH is 1. The minimum absolute atomic E-state index is 0.643. The van der Waals surface area contributed by atoms with Gasteiger partial charge in [-0.2, -0.15) is 0 Å². The second-order valence-corrected chi connectivity index (χ2v) is 6.10. The largest absolute Gasteiger partial charge is 0.497 e. The van der Waals surface area contributed by atoms with Crippen molar-refractivity contribution in [2.24, 2.45) is 0 Å². The van der Waals surface area contributed by atoms with Crippen LogP contribution in [0.1, 0.15) is 17.2 Å². The van der Waals surface area contributed by atoms with Crippen molar-refractivity contribution in [3.05, 3.63) is 59.7 Å². The van der Waals surface area contributed by atoms with Crippen LogP contribution < -0.4 is 9.47 Å². The van der Waals surface area contributed by atoms with Crippen molar-refractivity contribution in [2.75, 3.05) is 20.5 Å². The second-order valence-electron chi connectivity index (χ2n) is 5.28. The predicted octanol–water partition coefficient (Wildman–Crippen LogP) is 4.06. The quantitative estimate of drug-likeness (QED) is 0.709. The molecule has 124 valence electrons. The van der Waals surface area contributed by atoms with Gasteiger partial charge in [-0.15, -0.1) is 11.8 Å². The van der Waals surface area contributed by atoms with Gasteiger partial charge in [-0.3, -0.25) is 0 Å². The van der Waals surface area contributed by atoms with Crippen LogP contribution in [0.25, 0.3) is 10.9 Å². The van der Waals surface area contributed by atoms with E-state index < -0.39 is 6.10 Å². The molecule has 0 aliphatic rings. The maximum absolute atomic E-state index is 10.9. The summed E-state index contributed by atoms with van der Waals surface area (Å²) in [5.74, 6) is 1.40. The molecule has 0 fully saturated rings. The fourth-order valence-corrected chi connectivity index (χ4v) is 3.11. The molecule has 0 amide bonds. The zero-order valence-corrected chi connectivity index (χ0v) is 14.6. The Labute approximate surface area is 145 Å². The Morgan fingerprint density at radius 2 is 1.71 bits per heavy atom. The molecule has 3 aromatic rings. The molecule has 5 heteroatoms. The molecule has 1 heterocycles. The molecule has 4 nitrogen and oxygen atoms in total. The van der Waals surface area contributed by atoms with Crippen LogP contribution in [0.5, 0.6) is 11.5 Å². The number of thioether (sulfide) groups is 1. The fraction of sp³-hybridized carbons (Fsp3) is 0.211. The third-order valence-electron chi connectivity index (χ3n) is 3.98. The van der Waals surface area contributed by atoms with E-state index in [-0.39, 0.29) is 0 Å². The summed E-state index contributed by atoms with van der Waals surface area (Å²) < 4.78 is 10.7. The van der Waals surface area contributed by atoms with Crippen molar-refractivity contribution >= 4 is 22.7 Å². The van der Waals surface area contributed by atoms with E-state index in [0.717, 1.165) is 32.8 Å². The van der Waals surface area contributed by atoms with Crippen LogP contribution in [-0.4, -0.2) is 30.6 Å². The summed E-state index contributed by atoms with van der Waals surface area (Å²) in [6, 6.07) is 15.1. The van der Waals surface area contributed by atoms with Gasteiger partial charge in [0.2, 0.25) is 0 Å². The van der Waals surface area contributed by atoms with Gasteiger partial charge in [-0.1, -0.05) is 12.1 Å². The summed E-state index contributed by atoms with van der Waals surface area (Å²) in [6.07, 6.45) is 1.18. The summed E-state index contributed by atoms with van der Waals surface area (Å²) in [6.45, 7) is 0. The highest BCUT2D eigenvalue weighted by Gasteiger charge is 2.19. The SMILES string of the molecule is COc1ccc(C(O)c2c(OC)ccc3nc(SC)ccc23)cc1. The number of nitrogens with zero attached hydrogens (tertiary/aromatic N) is 1. The van der Waals surface area contributed by atoms with E-state index in [4.69, 9.17) is 9.47 Å². The van der Waals surface area contributed by atoms with Gasteiger partial charge in [-0.25, -0.2) is 4.98 Å². The van der Waals surface area contributed by atoms with Gasteiger partial charge in [0.15, 0.2) is 0 Å². The molecule has 2 aromatic carbocycles. The standard InChI is InChI=1S/C19H19NO3S/c1-22-13-6-4-12(5-7-13)19(21)18-14-8-11-17(24-3)20-15(14)9-10-16(18)23-2/h4-11,19,21H,1-3H3. The van der Waals surface area contributed by atoms with Crippen molar-refractivity contribution < 1.29 is 14.6 Å². The summed E-state index contributed by atoms with van der Waals surface area (Å²) in [7, 11) is 3.23. The number of hydrogen-bond donors (Lipinski definition) is 1. The van der Waals surface area contributed by atoms with Crippen molar-refractivity contribution in [3.8, 4) is 11.5 Å². The first-order chi connectivity index (χ1) is 11.7. The van der Waals surface area contributed by atoms with E-state index in [0.29, 0.717) is 5.75 Å². The molecule has 0 bridgehead atoms. The number of aliphatic hydroxyl groups is 1. The fourth-order valence-electron chi connectivity index (χ4n) is 2.71. The zero-order valence-electron chi connectivity index (χ0n) is 13.8. The first-order valence-electron chi connectivity index (χ1n) is 7.51. The lowest BCUT2D eigenvalue weighted by Gasteiger charge is -2.18. The lowest BCUT2D eigenvalue weighted by molar-refractivity contribution is 0.216. The second kappa shape index (κ2) is 7.11. The Kier molecular flexibility index (Phi) is 4.92. The van der Waals surface area contributed by atoms with Crippen molar-refractivity contribution in [3.63, 3.8) is 0 Å². The van der Waals surface area contributed by atoms with E-state index in [1.165, 1.54) is 0 Å². The van der Waals surface area contributed by atoms with Gasteiger partial charge in [0.1, 0.15) is 17.6 Å². The van der Waals surface area contributed by atoms with Gasteiger partial charge in [0.05, 0.1) is 24.8 Å². The number of rotatable bonds is 5. The normalized spacial score (nSPS) is 12.2. The molecule has 0 saturated carbocycles. The molecule has 1 unspecified atom stereocenters. The lowest BCUT2D eigenvalue weighted by atomic mass is 9.96. The highest BCUT2D eigenvalue weighted by Crippen LogP contribution is 2.36. The van der Waals surface area contributed by atoms with E-state index in [1.54, 1.807) is 26.0 Å². The van der Waals surface area contributed by atoms with Crippen LogP contribution >= 0.6 is 11.8 Å². The number of benzene rings is 2. The molecule has 0 saturated heterocycles. The Hall–Kier alpha value is -2.24. The lowest BCUT2D eigenvalue weighted by Crippen LogP contribution is -2.04. The summed E-state index contributed by atoms with van der Waals surface area (Å²) in [5.41, 5.74) is 2.33. The summed E-state index contributed by atoms with van der Waals surface area (Å²) in [4.78, 5) is 4.61. The highest BCUT2D eigenvalue weighted by atomic mass is 32.2. The molecule has 1 atom stereocenters. The van der Waals surface area contributed by atoms with Crippen LogP contribution in [0.4, 0.5) is 0 Å². The van der Waals surface area contributed by atoms with Gasteiger partial charge in [0.25, 0.3) is 0 Å². The third kappa shape index (κ3) is 3.05. The Morgan fingerprint density at radius 3 is 2.33 bits per heavy atom.